The molecular formula is C14H8Cl2N2O3S3. The van der Waals surface area contributed by atoms with Crippen LogP contribution in [0.1, 0.15) is 9.67 Å². The first-order valence-electron chi connectivity index (χ1n) is 6.40. The van der Waals surface area contributed by atoms with Gasteiger partial charge in [-0.25, -0.2) is 0 Å². The molecule has 0 radical (unpaired) electrons. The molecule has 0 saturated heterocycles. The lowest BCUT2D eigenvalue weighted by molar-refractivity contribution is 0.112. The van der Waals surface area contributed by atoms with Gasteiger partial charge < -0.3 is 0 Å². The van der Waals surface area contributed by atoms with Crippen LogP contribution in [0.5, 0.6) is 0 Å². The second kappa shape index (κ2) is 6.81. The van der Waals surface area contributed by atoms with Crippen molar-refractivity contribution in [1.82, 2.24) is 4.57 Å². The Kier molecular flexibility index (Phi) is 4.93. The van der Waals surface area contributed by atoms with Crippen LogP contribution in [0.4, 0.5) is 0 Å². The highest BCUT2D eigenvalue weighted by Gasteiger charge is 2.19. The van der Waals surface area contributed by atoms with Gasteiger partial charge in [-0.1, -0.05) is 52.7 Å². The Morgan fingerprint density at radius 3 is 2.33 bits per heavy atom. The lowest BCUT2D eigenvalue weighted by Crippen LogP contribution is -2.15. The fourth-order valence-electron chi connectivity index (χ4n) is 1.90. The van der Waals surface area contributed by atoms with Crippen molar-refractivity contribution in [3.63, 3.8) is 0 Å². The standard InChI is InChI=1S/C14H8Cl2N2O3S3/c15-11-6-7-12(23-11)24(20,21)17-14-18(9-4-2-1-3-5-9)13(16)10(8-19)22-14/h1-8H/b17-14+. The number of thiophene rings is 1. The number of hydrogen-bond acceptors (Lipinski definition) is 5. The maximum absolute atomic E-state index is 12.5. The number of rotatable bonds is 4. The van der Waals surface area contributed by atoms with Crippen LogP contribution in [0.2, 0.25) is 9.49 Å². The van der Waals surface area contributed by atoms with E-state index in [0.717, 1.165) is 22.7 Å². The smallest absolute Gasteiger partial charge is 0.294 e. The summed E-state index contributed by atoms with van der Waals surface area (Å²) in [6.07, 6.45) is 0.570. The molecule has 124 valence electrons. The molecule has 0 amide bonds. The summed E-state index contributed by atoms with van der Waals surface area (Å²) in [7, 11) is -3.96. The Bertz CT molecular complexity index is 1070. The summed E-state index contributed by atoms with van der Waals surface area (Å²) >= 11 is 13.8. The van der Waals surface area contributed by atoms with Gasteiger partial charge in [0.25, 0.3) is 10.0 Å². The van der Waals surface area contributed by atoms with Gasteiger partial charge in [0.1, 0.15) is 14.2 Å². The predicted octanol–water partition coefficient (Wildman–Crippen LogP) is 4.01. The number of para-hydroxylation sites is 1. The lowest BCUT2D eigenvalue weighted by atomic mass is 10.3. The van der Waals surface area contributed by atoms with Gasteiger partial charge in [0.15, 0.2) is 6.29 Å². The molecule has 24 heavy (non-hydrogen) atoms. The molecule has 0 bridgehead atoms. The van der Waals surface area contributed by atoms with Crippen molar-refractivity contribution < 1.29 is 13.2 Å². The number of benzene rings is 1. The van der Waals surface area contributed by atoms with Gasteiger partial charge >= 0.3 is 0 Å². The van der Waals surface area contributed by atoms with E-state index in [9.17, 15) is 13.2 Å². The third-order valence-electron chi connectivity index (χ3n) is 2.91. The molecule has 0 aliphatic heterocycles. The SMILES string of the molecule is O=Cc1s/c(=N/S(=O)(=O)c2ccc(Cl)s2)n(-c2ccccc2)c1Cl. The zero-order chi connectivity index (χ0) is 17.3. The highest BCUT2D eigenvalue weighted by Crippen LogP contribution is 2.27. The van der Waals surface area contributed by atoms with Gasteiger partial charge in [0, 0.05) is 5.69 Å². The molecule has 0 saturated carbocycles. The van der Waals surface area contributed by atoms with Crippen LogP contribution in [-0.4, -0.2) is 19.3 Å². The average molecular weight is 419 g/mol. The Morgan fingerprint density at radius 1 is 1.04 bits per heavy atom. The zero-order valence-electron chi connectivity index (χ0n) is 11.7. The van der Waals surface area contributed by atoms with E-state index >= 15 is 0 Å². The molecule has 0 N–H and O–H groups in total. The van der Waals surface area contributed by atoms with Crippen LogP contribution in [0.15, 0.2) is 51.1 Å². The fraction of sp³-hybridized carbons (Fsp3) is 0. The van der Waals surface area contributed by atoms with Crippen molar-refractivity contribution >= 4 is 62.2 Å². The minimum atomic E-state index is -3.96. The molecule has 2 heterocycles. The first-order valence-corrected chi connectivity index (χ1v) is 10.2. The number of carbonyl (C=O) groups is 1. The topological polar surface area (TPSA) is 68.5 Å². The van der Waals surface area contributed by atoms with Crippen LogP contribution in [0.3, 0.4) is 0 Å². The second-order valence-corrected chi connectivity index (χ2v) is 9.37. The molecule has 3 rings (SSSR count). The summed E-state index contributed by atoms with van der Waals surface area (Å²) in [4.78, 5) is 11.4. The third-order valence-corrected chi connectivity index (χ3v) is 7.45. The van der Waals surface area contributed by atoms with Crippen LogP contribution < -0.4 is 4.80 Å². The summed E-state index contributed by atoms with van der Waals surface area (Å²) < 4.78 is 30.5. The second-order valence-electron chi connectivity index (χ2n) is 4.45. The Hall–Kier alpha value is -1.45. The molecule has 0 atom stereocenters. The van der Waals surface area contributed by atoms with Gasteiger partial charge in [0.05, 0.1) is 4.34 Å². The van der Waals surface area contributed by atoms with Crippen molar-refractivity contribution in [2.45, 2.75) is 4.21 Å². The summed E-state index contributed by atoms with van der Waals surface area (Å²) in [6.45, 7) is 0. The van der Waals surface area contributed by atoms with Crippen molar-refractivity contribution in [3.8, 4) is 5.69 Å². The van der Waals surface area contributed by atoms with Crippen molar-refractivity contribution in [2.24, 2.45) is 4.40 Å². The average Bonchev–Trinajstić information content (AvgIpc) is 3.12. The molecule has 0 unspecified atom stereocenters. The minimum Gasteiger partial charge on any atom is -0.297 e. The maximum atomic E-state index is 12.5. The number of hydrogen-bond donors (Lipinski definition) is 0. The number of sulfonamides is 1. The Balaban J connectivity index is 2.27. The van der Waals surface area contributed by atoms with E-state index in [4.69, 9.17) is 23.2 Å². The molecule has 0 spiro atoms. The van der Waals surface area contributed by atoms with Gasteiger partial charge in [-0.3, -0.25) is 9.36 Å². The van der Waals surface area contributed by atoms with E-state index in [1.54, 1.807) is 24.3 Å². The van der Waals surface area contributed by atoms with E-state index in [1.807, 2.05) is 6.07 Å². The fourth-order valence-corrected chi connectivity index (χ4v) is 5.77. The Morgan fingerprint density at radius 2 is 1.75 bits per heavy atom. The lowest BCUT2D eigenvalue weighted by Gasteiger charge is -2.04. The third kappa shape index (κ3) is 3.33. The van der Waals surface area contributed by atoms with Crippen LogP contribution in [0.25, 0.3) is 5.69 Å². The molecule has 1 aromatic carbocycles. The van der Waals surface area contributed by atoms with Gasteiger partial charge in [-0.2, -0.15) is 8.42 Å². The van der Waals surface area contributed by atoms with Crippen LogP contribution >= 0.6 is 45.9 Å². The minimum absolute atomic E-state index is 0.0179. The first-order chi connectivity index (χ1) is 11.4. The molecule has 3 aromatic rings. The normalized spacial score (nSPS) is 12.5. The van der Waals surface area contributed by atoms with E-state index in [2.05, 4.69) is 4.40 Å². The molecule has 5 nitrogen and oxygen atoms in total. The first kappa shape index (κ1) is 17.4. The number of carbonyl (C=O) groups excluding carboxylic acids is 1. The monoisotopic (exact) mass is 418 g/mol. The maximum Gasteiger partial charge on any atom is 0.294 e. The summed E-state index contributed by atoms with van der Waals surface area (Å²) in [5.41, 5.74) is 0.602. The van der Waals surface area contributed by atoms with Crippen molar-refractivity contribution in [1.29, 1.82) is 0 Å². The number of aromatic nitrogens is 1. The molecule has 0 fully saturated rings. The zero-order valence-corrected chi connectivity index (χ0v) is 15.7. The predicted molar refractivity (Wildman–Crippen MR) is 96.1 cm³/mol. The highest BCUT2D eigenvalue weighted by molar-refractivity contribution is 7.92. The van der Waals surface area contributed by atoms with Crippen molar-refractivity contribution in [2.75, 3.05) is 0 Å². The summed E-state index contributed by atoms with van der Waals surface area (Å²) in [5, 5.41) is 0.111. The molecule has 2 aromatic heterocycles. The van der Waals surface area contributed by atoms with E-state index < -0.39 is 10.0 Å². The summed E-state index contributed by atoms with van der Waals surface area (Å²) in [5.74, 6) is 0. The number of nitrogens with zero attached hydrogens (tertiary/aromatic N) is 2. The van der Waals surface area contributed by atoms with Gasteiger partial charge in [-0.15, -0.1) is 15.7 Å². The van der Waals surface area contributed by atoms with E-state index in [0.29, 0.717) is 16.3 Å². The molecule has 0 aliphatic rings. The molecular weight excluding hydrogens is 411 g/mol. The largest absolute Gasteiger partial charge is 0.297 e. The van der Waals surface area contributed by atoms with Crippen LogP contribution in [-0.2, 0) is 10.0 Å². The van der Waals surface area contributed by atoms with Crippen molar-refractivity contribution in [3.05, 3.63) is 61.6 Å². The highest BCUT2D eigenvalue weighted by atomic mass is 35.5. The van der Waals surface area contributed by atoms with Crippen LogP contribution in [0, 0.1) is 0 Å². The molecule has 0 aliphatic carbocycles. The van der Waals surface area contributed by atoms with E-state index in [-0.39, 0.29) is 19.0 Å². The Labute approximate surface area is 155 Å². The number of thiazole rings is 1. The molecule has 10 heteroatoms. The number of aldehydes is 1. The summed E-state index contributed by atoms with van der Waals surface area (Å²) in [6, 6.07) is 11.7. The van der Waals surface area contributed by atoms with E-state index in [1.165, 1.54) is 16.7 Å². The number of halogens is 2. The van der Waals surface area contributed by atoms with Gasteiger partial charge in [-0.05, 0) is 24.3 Å². The quantitative estimate of drug-likeness (QED) is 0.600. The van der Waals surface area contributed by atoms with Gasteiger partial charge in [0.2, 0.25) is 4.80 Å².